The largest absolute Gasteiger partial charge is 0.497 e. The third-order valence-electron chi connectivity index (χ3n) is 3.71. The van der Waals surface area contributed by atoms with Gasteiger partial charge in [0, 0.05) is 6.04 Å². The Labute approximate surface area is 124 Å². The van der Waals surface area contributed by atoms with E-state index in [1.165, 1.54) is 44.1 Å². The molecule has 0 saturated carbocycles. The first-order chi connectivity index (χ1) is 9.80. The minimum Gasteiger partial charge on any atom is -0.497 e. The Kier molecular flexibility index (Phi) is 9.14. The lowest BCUT2D eigenvalue weighted by atomic mass is 9.99. The molecule has 2 nitrogen and oxygen atoms in total. The molecule has 0 radical (unpaired) electrons. The van der Waals surface area contributed by atoms with Gasteiger partial charge in [0.25, 0.3) is 0 Å². The quantitative estimate of drug-likeness (QED) is 0.598. The van der Waals surface area contributed by atoms with E-state index >= 15 is 0 Å². The fraction of sp³-hybridized carbons (Fsp3) is 0.667. The Morgan fingerprint density at radius 2 is 1.95 bits per heavy atom. The van der Waals surface area contributed by atoms with Crippen LogP contribution in [-0.2, 0) is 6.42 Å². The summed E-state index contributed by atoms with van der Waals surface area (Å²) in [5.41, 5.74) is 1.37. The van der Waals surface area contributed by atoms with Crippen LogP contribution in [0.3, 0.4) is 0 Å². The average molecular weight is 277 g/mol. The van der Waals surface area contributed by atoms with Crippen molar-refractivity contribution in [2.24, 2.45) is 0 Å². The van der Waals surface area contributed by atoms with Crippen LogP contribution in [0.5, 0.6) is 5.75 Å². The van der Waals surface area contributed by atoms with Gasteiger partial charge in [-0.2, -0.15) is 0 Å². The van der Waals surface area contributed by atoms with Gasteiger partial charge in [-0.25, -0.2) is 0 Å². The Morgan fingerprint density at radius 3 is 2.65 bits per heavy atom. The molecule has 0 bridgehead atoms. The number of unbranched alkanes of at least 4 members (excludes halogenated alkanes) is 3. The first-order valence-corrected chi connectivity index (χ1v) is 8.16. The van der Waals surface area contributed by atoms with Crippen molar-refractivity contribution in [2.45, 2.75) is 64.8 Å². The number of ether oxygens (including phenoxy) is 1. The molecule has 1 aromatic carbocycles. The summed E-state index contributed by atoms with van der Waals surface area (Å²) in [5, 5.41) is 3.69. The molecule has 1 N–H and O–H groups in total. The molecule has 0 saturated heterocycles. The lowest BCUT2D eigenvalue weighted by molar-refractivity contribution is 0.413. The van der Waals surface area contributed by atoms with E-state index in [1.54, 1.807) is 7.11 Å². The van der Waals surface area contributed by atoms with Crippen LogP contribution in [0.4, 0.5) is 0 Å². The Bertz CT molecular complexity index is 351. The van der Waals surface area contributed by atoms with Crippen LogP contribution in [0.25, 0.3) is 0 Å². The van der Waals surface area contributed by atoms with E-state index in [0.29, 0.717) is 6.04 Å². The summed E-state index contributed by atoms with van der Waals surface area (Å²) >= 11 is 0. The lowest BCUT2D eigenvalue weighted by Crippen LogP contribution is -2.31. The molecule has 0 aliphatic rings. The van der Waals surface area contributed by atoms with Gasteiger partial charge in [0.2, 0.25) is 0 Å². The van der Waals surface area contributed by atoms with Crippen molar-refractivity contribution in [2.75, 3.05) is 13.7 Å². The third kappa shape index (κ3) is 6.95. The van der Waals surface area contributed by atoms with E-state index in [0.717, 1.165) is 18.7 Å². The van der Waals surface area contributed by atoms with Crippen molar-refractivity contribution in [1.29, 1.82) is 0 Å². The van der Waals surface area contributed by atoms with Crippen LogP contribution < -0.4 is 10.1 Å². The third-order valence-corrected chi connectivity index (χ3v) is 3.71. The van der Waals surface area contributed by atoms with Crippen molar-refractivity contribution < 1.29 is 4.74 Å². The predicted molar refractivity (Wildman–Crippen MR) is 87.5 cm³/mol. The molecule has 2 heteroatoms. The monoisotopic (exact) mass is 277 g/mol. The van der Waals surface area contributed by atoms with Crippen LogP contribution in [0.2, 0.25) is 0 Å². The van der Waals surface area contributed by atoms with Crippen molar-refractivity contribution in [1.82, 2.24) is 5.32 Å². The molecule has 0 aliphatic heterocycles. The van der Waals surface area contributed by atoms with Gasteiger partial charge < -0.3 is 10.1 Å². The van der Waals surface area contributed by atoms with Gasteiger partial charge >= 0.3 is 0 Å². The standard InChI is InChI=1S/C18H31NO/c1-4-6-7-8-11-17(19-13-5-2)14-16-10-9-12-18(15-16)20-3/h9-10,12,15,17,19H,4-8,11,13-14H2,1-3H3. The summed E-state index contributed by atoms with van der Waals surface area (Å²) in [5.74, 6) is 0.961. The fourth-order valence-corrected chi connectivity index (χ4v) is 2.53. The number of nitrogens with one attached hydrogen (secondary N) is 1. The van der Waals surface area contributed by atoms with Gasteiger partial charge in [0.1, 0.15) is 5.75 Å². The van der Waals surface area contributed by atoms with Crippen molar-refractivity contribution in [3.63, 3.8) is 0 Å². The van der Waals surface area contributed by atoms with E-state index < -0.39 is 0 Å². The molecule has 1 atom stereocenters. The van der Waals surface area contributed by atoms with Crippen LogP contribution in [-0.4, -0.2) is 19.7 Å². The minimum absolute atomic E-state index is 0.596. The molecule has 0 fully saturated rings. The number of methoxy groups -OCH3 is 1. The second-order valence-electron chi connectivity index (χ2n) is 5.56. The second kappa shape index (κ2) is 10.7. The van der Waals surface area contributed by atoms with Crippen molar-refractivity contribution in [3.8, 4) is 5.75 Å². The van der Waals surface area contributed by atoms with E-state index in [2.05, 4.69) is 37.4 Å². The SMILES string of the molecule is CCCCCCC(Cc1cccc(OC)c1)NCCC. The van der Waals surface area contributed by atoms with E-state index in [-0.39, 0.29) is 0 Å². The van der Waals surface area contributed by atoms with Gasteiger partial charge in [-0.1, -0.05) is 51.7 Å². The average Bonchev–Trinajstić information content (AvgIpc) is 2.49. The summed E-state index contributed by atoms with van der Waals surface area (Å²) in [6.45, 7) is 5.61. The molecule has 0 spiro atoms. The highest BCUT2D eigenvalue weighted by atomic mass is 16.5. The number of benzene rings is 1. The maximum absolute atomic E-state index is 5.31. The molecule has 1 rings (SSSR count). The summed E-state index contributed by atoms with van der Waals surface area (Å²) < 4.78 is 5.31. The lowest BCUT2D eigenvalue weighted by Gasteiger charge is -2.19. The highest BCUT2D eigenvalue weighted by molar-refractivity contribution is 5.28. The molecule has 1 aromatic rings. The number of hydrogen-bond donors (Lipinski definition) is 1. The van der Waals surface area contributed by atoms with Crippen LogP contribution in [0.1, 0.15) is 57.9 Å². The first-order valence-electron chi connectivity index (χ1n) is 8.16. The zero-order valence-electron chi connectivity index (χ0n) is 13.5. The van der Waals surface area contributed by atoms with Gasteiger partial charge in [0.05, 0.1) is 7.11 Å². The fourth-order valence-electron chi connectivity index (χ4n) is 2.53. The summed E-state index contributed by atoms with van der Waals surface area (Å²) in [4.78, 5) is 0. The van der Waals surface area contributed by atoms with Gasteiger partial charge in [0.15, 0.2) is 0 Å². The Morgan fingerprint density at radius 1 is 1.10 bits per heavy atom. The topological polar surface area (TPSA) is 21.3 Å². The normalized spacial score (nSPS) is 12.3. The first kappa shape index (κ1) is 17.0. The zero-order valence-corrected chi connectivity index (χ0v) is 13.5. The maximum Gasteiger partial charge on any atom is 0.119 e. The zero-order chi connectivity index (χ0) is 14.6. The van der Waals surface area contributed by atoms with Crippen LogP contribution >= 0.6 is 0 Å². The molecule has 20 heavy (non-hydrogen) atoms. The molecule has 0 heterocycles. The van der Waals surface area contributed by atoms with Gasteiger partial charge in [-0.05, 0) is 43.5 Å². The highest BCUT2D eigenvalue weighted by Crippen LogP contribution is 2.16. The molecule has 0 aromatic heterocycles. The Hall–Kier alpha value is -1.02. The second-order valence-corrected chi connectivity index (χ2v) is 5.56. The maximum atomic E-state index is 5.31. The molecular weight excluding hydrogens is 246 g/mol. The summed E-state index contributed by atoms with van der Waals surface area (Å²) in [6, 6.07) is 9.06. The smallest absolute Gasteiger partial charge is 0.119 e. The van der Waals surface area contributed by atoms with Crippen LogP contribution in [0.15, 0.2) is 24.3 Å². The number of hydrogen-bond acceptors (Lipinski definition) is 2. The summed E-state index contributed by atoms with van der Waals surface area (Å²) in [7, 11) is 1.73. The van der Waals surface area contributed by atoms with E-state index in [4.69, 9.17) is 4.74 Å². The van der Waals surface area contributed by atoms with Crippen molar-refractivity contribution in [3.05, 3.63) is 29.8 Å². The molecule has 0 amide bonds. The van der Waals surface area contributed by atoms with Gasteiger partial charge in [-0.3, -0.25) is 0 Å². The van der Waals surface area contributed by atoms with Crippen LogP contribution in [0, 0.1) is 0 Å². The number of rotatable bonds is 11. The predicted octanol–water partition coefficient (Wildman–Crippen LogP) is 4.58. The highest BCUT2D eigenvalue weighted by Gasteiger charge is 2.09. The summed E-state index contributed by atoms with van der Waals surface area (Å²) in [6.07, 6.45) is 8.94. The molecule has 114 valence electrons. The minimum atomic E-state index is 0.596. The molecule has 1 unspecified atom stereocenters. The molecule has 0 aliphatic carbocycles. The van der Waals surface area contributed by atoms with E-state index in [9.17, 15) is 0 Å². The van der Waals surface area contributed by atoms with Gasteiger partial charge in [-0.15, -0.1) is 0 Å². The van der Waals surface area contributed by atoms with Crippen molar-refractivity contribution >= 4 is 0 Å². The van der Waals surface area contributed by atoms with E-state index in [1.807, 2.05) is 6.07 Å². The molecular formula is C18H31NO. The Balaban J connectivity index is 2.48.